The fraction of sp³-hybridized carbons (Fsp3) is 0.929. The van der Waals surface area contributed by atoms with Gasteiger partial charge in [-0.15, -0.1) is 11.8 Å². The zero-order valence-corrected chi connectivity index (χ0v) is 12.5. The molecule has 0 bridgehead atoms. The molecule has 1 saturated carbocycles. The van der Waals surface area contributed by atoms with Gasteiger partial charge in [-0.05, 0) is 51.6 Å². The molecular formula is C14H26N2O2S. The summed E-state index contributed by atoms with van der Waals surface area (Å²) < 4.78 is 0. The van der Waals surface area contributed by atoms with Crippen LogP contribution >= 0.6 is 11.8 Å². The molecule has 0 unspecified atom stereocenters. The first-order chi connectivity index (χ1) is 9.31. The summed E-state index contributed by atoms with van der Waals surface area (Å²) in [5.74, 6) is 0.897. The number of carbonyl (C=O) groups is 1. The second-order valence-electron chi connectivity index (χ2n) is 5.51. The lowest BCUT2D eigenvalue weighted by Crippen LogP contribution is -2.46. The van der Waals surface area contributed by atoms with Crippen LogP contribution in [-0.2, 0) is 4.79 Å². The number of nitrogens with zero attached hydrogens (tertiary/aromatic N) is 1. The van der Waals surface area contributed by atoms with E-state index in [1.165, 1.54) is 19.3 Å². The van der Waals surface area contributed by atoms with Gasteiger partial charge in [0.25, 0.3) is 0 Å². The lowest BCUT2D eigenvalue weighted by atomic mass is 9.91. The minimum Gasteiger partial charge on any atom is -0.396 e. The monoisotopic (exact) mass is 286 g/mol. The number of piperidine rings is 1. The fourth-order valence-corrected chi connectivity index (χ4v) is 3.80. The molecule has 0 radical (unpaired) electrons. The minimum atomic E-state index is 0.179. The average molecular weight is 286 g/mol. The SMILES string of the molecule is O=C(CSC1CCNCC1)N(CCCO)C1CCC1. The van der Waals surface area contributed by atoms with Gasteiger partial charge < -0.3 is 15.3 Å². The molecule has 1 aliphatic carbocycles. The maximum Gasteiger partial charge on any atom is 0.232 e. The minimum absolute atomic E-state index is 0.179. The first-order valence-corrected chi connectivity index (χ1v) is 8.59. The highest BCUT2D eigenvalue weighted by Crippen LogP contribution is 2.27. The van der Waals surface area contributed by atoms with Gasteiger partial charge in [-0.2, -0.15) is 0 Å². The molecule has 2 fully saturated rings. The van der Waals surface area contributed by atoms with Crippen molar-refractivity contribution in [1.82, 2.24) is 10.2 Å². The summed E-state index contributed by atoms with van der Waals surface area (Å²) in [6.45, 7) is 3.08. The second-order valence-corrected chi connectivity index (χ2v) is 6.80. The molecule has 1 saturated heterocycles. The van der Waals surface area contributed by atoms with Crippen molar-refractivity contribution in [2.75, 3.05) is 32.0 Å². The predicted octanol–water partition coefficient (Wildman–Crippen LogP) is 1.24. The number of hydrogen-bond donors (Lipinski definition) is 2. The van der Waals surface area contributed by atoms with Crippen LogP contribution in [0.1, 0.15) is 38.5 Å². The van der Waals surface area contributed by atoms with Gasteiger partial charge in [-0.1, -0.05) is 0 Å². The first kappa shape index (κ1) is 15.1. The van der Waals surface area contributed by atoms with Crippen LogP contribution in [0.3, 0.4) is 0 Å². The van der Waals surface area contributed by atoms with Crippen molar-refractivity contribution < 1.29 is 9.90 Å². The molecule has 110 valence electrons. The van der Waals surface area contributed by atoms with Crippen LogP contribution in [0.2, 0.25) is 0 Å². The molecular weight excluding hydrogens is 260 g/mol. The van der Waals surface area contributed by atoms with Crippen LogP contribution in [0, 0.1) is 0 Å². The Morgan fingerprint density at radius 1 is 1.26 bits per heavy atom. The van der Waals surface area contributed by atoms with Crippen LogP contribution < -0.4 is 5.32 Å². The van der Waals surface area contributed by atoms with Gasteiger partial charge in [0.2, 0.25) is 5.91 Å². The number of hydrogen-bond acceptors (Lipinski definition) is 4. The summed E-state index contributed by atoms with van der Waals surface area (Å²) in [6.07, 6.45) is 6.61. The molecule has 0 aromatic carbocycles. The van der Waals surface area contributed by atoms with E-state index in [4.69, 9.17) is 5.11 Å². The molecule has 0 aromatic heterocycles. The molecule has 2 rings (SSSR count). The summed E-state index contributed by atoms with van der Waals surface area (Å²) in [4.78, 5) is 14.4. The zero-order valence-electron chi connectivity index (χ0n) is 11.6. The van der Waals surface area contributed by atoms with Crippen LogP contribution in [0.5, 0.6) is 0 Å². The Morgan fingerprint density at radius 2 is 2.00 bits per heavy atom. The first-order valence-electron chi connectivity index (χ1n) is 7.54. The largest absolute Gasteiger partial charge is 0.396 e. The molecule has 4 nitrogen and oxygen atoms in total. The number of thioether (sulfide) groups is 1. The number of carbonyl (C=O) groups excluding carboxylic acids is 1. The summed E-state index contributed by atoms with van der Waals surface area (Å²) >= 11 is 1.83. The maximum absolute atomic E-state index is 12.3. The predicted molar refractivity (Wildman–Crippen MR) is 79.4 cm³/mol. The van der Waals surface area contributed by atoms with Crippen LogP contribution in [0.4, 0.5) is 0 Å². The molecule has 0 spiro atoms. The van der Waals surface area contributed by atoms with Crippen LogP contribution in [0.25, 0.3) is 0 Å². The van der Waals surface area contributed by atoms with Crippen molar-refractivity contribution in [2.24, 2.45) is 0 Å². The molecule has 2 aliphatic rings. The van der Waals surface area contributed by atoms with E-state index in [0.717, 1.165) is 32.5 Å². The molecule has 5 heteroatoms. The quantitative estimate of drug-likeness (QED) is 0.739. The second kappa shape index (κ2) is 8.12. The molecule has 2 N–H and O–H groups in total. The topological polar surface area (TPSA) is 52.6 Å². The molecule has 0 atom stereocenters. The van der Waals surface area contributed by atoms with E-state index >= 15 is 0 Å². The van der Waals surface area contributed by atoms with Crippen molar-refractivity contribution >= 4 is 17.7 Å². The third-order valence-corrected chi connectivity index (χ3v) is 5.48. The van der Waals surface area contributed by atoms with Crippen molar-refractivity contribution in [2.45, 2.75) is 49.8 Å². The van der Waals surface area contributed by atoms with E-state index < -0.39 is 0 Å². The smallest absolute Gasteiger partial charge is 0.232 e. The summed E-state index contributed by atoms with van der Waals surface area (Å²) in [5, 5.41) is 13.0. The highest BCUT2D eigenvalue weighted by atomic mass is 32.2. The van der Waals surface area contributed by atoms with E-state index in [1.807, 2.05) is 16.7 Å². The number of nitrogens with one attached hydrogen (secondary N) is 1. The van der Waals surface area contributed by atoms with Gasteiger partial charge in [0, 0.05) is 24.4 Å². The van der Waals surface area contributed by atoms with Crippen molar-refractivity contribution in [1.29, 1.82) is 0 Å². The lowest BCUT2D eigenvalue weighted by Gasteiger charge is -2.38. The van der Waals surface area contributed by atoms with Crippen molar-refractivity contribution in [3.63, 3.8) is 0 Å². The van der Waals surface area contributed by atoms with Gasteiger partial charge in [0.05, 0.1) is 5.75 Å². The Hall–Kier alpha value is -0.260. The molecule has 1 amide bonds. The zero-order chi connectivity index (χ0) is 13.5. The van der Waals surface area contributed by atoms with E-state index in [2.05, 4.69) is 5.32 Å². The Bertz CT molecular complexity index is 279. The number of aliphatic hydroxyl groups excluding tert-OH is 1. The van der Waals surface area contributed by atoms with Gasteiger partial charge >= 0.3 is 0 Å². The maximum atomic E-state index is 12.3. The van der Waals surface area contributed by atoms with E-state index in [-0.39, 0.29) is 12.5 Å². The fourth-order valence-electron chi connectivity index (χ4n) is 2.68. The molecule has 19 heavy (non-hydrogen) atoms. The standard InChI is InChI=1S/C14H26N2O2S/c17-10-2-9-16(12-3-1-4-12)14(18)11-19-13-5-7-15-8-6-13/h12-13,15,17H,1-11H2. The highest BCUT2D eigenvalue weighted by molar-refractivity contribution is 8.00. The van der Waals surface area contributed by atoms with Crippen LogP contribution in [0.15, 0.2) is 0 Å². The number of rotatable bonds is 7. The van der Waals surface area contributed by atoms with Gasteiger partial charge in [0.15, 0.2) is 0 Å². The Labute approximate surface area is 120 Å². The van der Waals surface area contributed by atoms with Gasteiger partial charge in [-0.25, -0.2) is 0 Å². The summed E-state index contributed by atoms with van der Waals surface area (Å²) in [6, 6.07) is 0.452. The molecule has 0 aromatic rings. The van der Waals surface area contributed by atoms with E-state index in [0.29, 0.717) is 23.5 Å². The average Bonchev–Trinajstić information content (AvgIpc) is 2.39. The summed E-state index contributed by atoms with van der Waals surface area (Å²) in [5.41, 5.74) is 0. The highest BCUT2D eigenvalue weighted by Gasteiger charge is 2.28. The summed E-state index contributed by atoms with van der Waals surface area (Å²) in [7, 11) is 0. The molecule has 1 aliphatic heterocycles. The third kappa shape index (κ3) is 4.65. The Morgan fingerprint density at radius 3 is 2.58 bits per heavy atom. The van der Waals surface area contributed by atoms with Crippen molar-refractivity contribution in [3.05, 3.63) is 0 Å². The normalized spacial score (nSPS) is 21.1. The van der Waals surface area contributed by atoms with E-state index in [9.17, 15) is 4.79 Å². The van der Waals surface area contributed by atoms with Gasteiger partial charge in [-0.3, -0.25) is 4.79 Å². The lowest BCUT2D eigenvalue weighted by molar-refractivity contribution is -0.132. The number of aliphatic hydroxyl groups is 1. The Balaban J connectivity index is 1.73. The van der Waals surface area contributed by atoms with Gasteiger partial charge in [0.1, 0.15) is 0 Å². The van der Waals surface area contributed by atoms with E-state index in [1.54, 1.807) is 0 Å². The third-order valence-electron chi connectivity index (χ3n) is 4.12. The van der Waals surface area contributed by atoms with Crippen LogP contribution in [-0.4, -0.2) is 59.2 Å². The molecule has 1 heterocycles. The Kier molecular flexibility index (Phi) is 6.47. The van der Waals surface area contributed by atoms with Crippen molar-refractivity contribution in [3.8, 4) is 0 Å². The number of amides is 1.